The second-order valence-corrected chi connectivity index (χ2v) is 7.28. The summed E-state index contributed by atoms with van der Waals surface area (Å²) in [6.45, 7) is 7.83. The molecule has 3 aliphatic rings. The van der Waals surface area contributed by atoms with Crippen molar-refractivity contribution in [1.82, 2.24) is 0 Å². The van der Waals surface area contributed by atoms with E-state index in [1.54, 1.807) is 6.92 Å². The highest BCUT2D eigenvalue weighted by Crippen LogP contribution is 2.48. The van der Waals surface area contributed by atoms with Crippen LogP contribution in [0.3, 0.4) is 0 Å². The van der Waals surface area contributed by atoms with Gasteiger partial charge in [0.1, 0.15) is 12.4 Å². The average Bonchev–Trinajstić information content (AvgIpc) is 2.55. The van der Waals surface area contributed by atoms with Gasteiger partial charge in [-0.15, -0.1) is 0 Å². The lowest BCUT2D eigenvalue weighted by molar-refractivity contribution is -0.142. The summed E-state index contributed by atoms with van der Waals surface area (Å²) in [5, 5.41) is 10.3. The molecule has 0 saturated heterocycles. The fraction of sp³-hybridized carbons (Fsp3) is 0.500. The number of carbonyl (C=O) groups is 2. The van der Waals surface area contributed by atoms with Crippen LogP contribution < -0.4 is 0 Å². The minimum Gasteiger partial charge on any atom is -0.504 e. The van der Waals surface area contributed by atoms with E-state index in [-0.39, 0.29) is 23.5 Å². The number of rotatable bonds is 4. The molecule has 25 heavy (non-hydrogen) atoms. The minimum atomic E-state index is -0.682. The Morgan fingerprint density at radius 2 is 2.04 bits per heavy atom. The van der Waals surface area contributed by atoms with Gasteiger partial charge in [0.25, 0.3) is 0 Å². The smallest absolute Gasteiger partial charge is 0.331 e. The Kier molecular flexibility index (Phi) is 4.35. The van der Waals surface area contributed by atoms with Crippen molar-refractivity contribution in [1.29, 1.82) is 0 Å². The van der Waals surface area contributed by atoms with Crippen molar-refractivity contribution in [3.63, 3.8) is 0 Å². The molecule has 5 heteroatoms. The molecule has 134 valence electrons. The zero-order valence-corrected chi connectivity index (χ0v) is 15.1. The number of allylic oxidation sites excluding steroid dienone is 1. The Balaban J connectivity index is 2.24. The lowest BCUT2D eigenvalue weighted by Crippen LogP contribution is -2.46. The summed E-state index contributed by atoms with van der Waals surface area (Å²) in [7, 11) is 0. The monoisotopic (exact) mass is 344 g/mol. The largest absolute Gasteiger partial charge is 0.504 e. The number of ketones is 1. The Bertz CT molecular complexity index is 748. The van der Waals surface area contributed by atoms with Gasteiger partial charge >= 0.3 is 5.97 Å². The maximum absolute atomic E-state index is 12.5. The van der Waals surface area contributed by atoms with Crippen LogP contribution in [0.25, 0.3) is 0 Å². The predicted octanol–water partition coefficient (Wildman–Crippen LogP) is 3.68. The number of fused-ring (bicyclic) bond motifs is 3. The van der Waals surface area contributed by atoms with Crippen molar-refractivity contribution in [3.8, 4) is 0 Å². The molecule has 2 aliphatic heterocycles. The second kappa shape index (κ2) is 6.21. The quantitative estimate of drug-likeness (QED) is 0.788. The topological polar surface area (TPSA) is 72.8 Å². The standard InChI is InChI=1S/C20H24O5/c1-5-7-11-8-15(23)25-18-12(11)9-20(3,4)19-17(18)16(13(21)6-2)14(22)10-24-19/h8-10,18-19,22H,5-7H2,1-4H3. The maximum Gasteiger partial charge on any atom is 0.331 e. The zero-order valence-electron chi connectivity index (χ0n) is 15.1. The van der Waals surface area contributed by atoms with Gasteiger partial charge in [0.15, 0.2) is 17.6 Å². The average molecular weight is 344 g/mol. The number of aliphatic hydroxyl groups excluding tert-OH is 1. The summed E-state index contributed by atoms with van der Waals surface area (Å²) in [5.74, 6) is -0.802. The van der Waals surface area contributed by atoms with Gasteiger partial charge in [-0.1, -0.05) is 40.2 Å². The molecule has 2 unspecified atom stereocenters. The van der Waals surface area contributed by atoms with Gasteiger partial charge in [0.05, 0.1) is 5.57 Å². The van der Waals surface area contributed by atoms with Crippen LogP contribution in [0.2, 0.25) is 0 Å². The van der Waals surface area contributed by atoms with Gasteiger partial charge in [-0.25, -0.2) is 4.79 Å². The third-order valence-corrected chi connectivity index (χ3v) is 4.93. The SMILES string of the molecule is CCCC1=CC(=O)OC2C1=CC(C)(C)C1OC=C(O)C(C(=O)CC)=C21. The van der Waals surface area contributed by atoms with Gasteiger partial charge in [-0.2, -0.15) is 0 Å². The molecule has 0 radical (unpaired) electrons. The van der Waals surface area contributed by atoms with Crippen molar-refractivity contribution in [3.05, 3.63) is 46.5 Å². The number of esters is 1. The molecular weight excluding hydrogens is 320 g/mol. The van der Waals surface area contributed by atoms with E-state index in [9.17, 15) is 14.7 Å². The van der Waals surface area contributed by atoms with Crippen molar-refractivity contribution in [2.45, 2.75) is 59.2 Å². The molecular formula is C20H24O5. The molecule has 3 rings (SSSR count). The lowest BCUT2D eigenvalue weighted by atomic mass is 9.68. The first-order valence-corrected chi connectivity index (χ1v) is 8.76. The van der Waals surface area contributed by atoms with Crippen LogP contribution in [0, 0.1) is 5.41 Å². The number of ether oxygens (including phenoxy) is 2. The number of Topliss-reactive ketones (excluding diaryl/α,β-unsaturated/α-hetero) is 1. The molecule has 0 aromatic heterocycles. The third-order valence-electron chi connectivity index (χ3n) is 4.93. The molecule has 2 heterocycles. The van der Waals surface area contributed by atoms with E-state index in [1.807, 2.05) is 13.8 Å². The molecule has 0 saturated carbocycles. The van der Waals surface area contributed by atoms with E-state index in [4.69, 9.17) is 9.47 Å². The molecule has 0 fully saturated rings. The van der Waals surface area contributed by atoms with Crippen molar-refractivity contribution >= 4 is 11.8 Å². The van der Waals surface area contributed by atoms with Crippen LogP contribution in [0.15, 0.2) is 46.5 Å². The number of hydrogen-bond acceptors (Lipinski definition) is 5. The molecule has 0 aromatic rings. The zero-order chi connectivity index (χ0) is 18.4. The Morgan fingerprint density at radius 1 is 1.32 bits per heavy atom. The summed E-state index contributed by atoms with van der Waals surface area (Å²) in [6, 6.07) is 0. The minimum absolute atomic E-state index is 0.184. The molecule has 2 atom stereocenters. The van der Waals surface area contributed by atoms with Crippen molar-refractivity contribution < 1.29 is 24.2 Å². The van der Waals surface area contributed by atoms with Gasteiger partial charge in [-0.3, -0.25) is 4.79 Å². The molecule has 0 spiro atoms. The van der Waals surface area contributed by atoms with E-state index >= 15 is 0 Å². The van der Waals surface area contributed by atoms with Crippen molar-refractivity contribution in [2.24, 2.45) is 5.41 Å². The molecule has 0 bridgehead atoms. The summed E-state index contributed by atoms with van der Waals surface area (Å²) in [4.78, 5) is 24.6. The second-order valence-electron chi connectivity index (χ2n) is 7.28. The summed E-state index contributed by atoms with van der Waals surface area (Å²) in [6.07, 6.45) is 5.59. The highest BCUT2D eigenvalue weighted by atomic mass is 16.5. The van der Waals surface area contributed by atoms with Crippen molar-refractivity contribution in [2.75, 3.05) is 0 Å². The molecule has 1 N–H and O–H groups in total. The molecule has 0 aromatic carbocycles. The Hall–Kier alpha value is -2.30. The first kappa shape index (κ1) is 17.5. The van der Waals surface area contributed by atoms with E-state index in [1.165, 1.54) is 12.3 Å². The van der Waals surface area contributed by atoms with Gasteiger partial charge in [0.2, 0.25) is 0 Å². The number of carbonyl (C=O) groups excluding carboxylic acids is 2. The fourth-order valence-corrected chi connectivity index (χ4v) is 3.84. The summed E-state index contributed by atoms with van der Waals surface area (Å²) >= 11 is 0. The summed E-state index contributed by atoms with van der Waals surface area (Å²) < 4.78 is 11.3. The first-order valence-electron chi connectivity index (χ1n) is 8.76. The normalized spacial score (nSPS) is 27.2. The van der Waals surface area contributed by atoms with E-state index < -0.39 is 23.6 Å². The van der Waals surface area contributed by atoms with Gasteiger partial charge in [-0.05, 0) is 17.6 Å². The Morgan fingerprint density at radius 3 is 2.68 bits per heavy atom. The highest BCUT2D eigenvalue weighted by molar-refractivity contribution is 6.00. The Labute approximate surface area is 147 Å². The lowest BCUT2D eigenvalue weighted by Gasteiger charge is -2.45. The predicted molar refractivity (Wildman–Crippen MR) is 92.6 cm³/mol. The van der Waals surface area contributed by atoms with Crippen LogP contribution in [-0.4, -0.2) is 29.1 Å². The van der Waals surface area contributed by atoms with E-state index in [0.29, 0.717) is 5.57 Å². The fourth-order valence-electron chi connectivity index (χ4n) is 3.84. The van der Waals surface area contributed by atoms with Crippen LogP contribution >= 0.6 is 0 Å². The summed E-state index contributed by atoms with van der Waals surface area (Å²) in [5.41, 5.74) is 2.21. The third kappa shape index (κ3) is 2.81. The van der Waals surface area contributed by atoms with Gasteiger partial charge in [0, 0.05) is 23.5 Å². The maximum atomic E-state index is 12.5. The van der Waals surface area contributed by atoms with Crippen LogP contribution in [0.4, 0.5) is 0 Å². The van der Waals surface area contributed by atoms with E-state index in [0.717, 1.165) is 24.0 Å². The molecule has 5 nitrogen and oxygen atoms in total. The van der Waals surface area contributed by atoms with Crippen LogP contribution in [0.1, 0.15) is 47.0 Å². The highest BCUT2D eigenvalue weighted by Gasteiger charge is 2.49. The first-order chi connectivity index (χ1) is 11.8. The van der Waals surface area contributed by atoms with Crippen LogP contribution in [-0.2, 0) is 19.1 Å². The molecule has 0 amide bonds. The number of aliphatic hydroxyl groups is 1. The number of hydrogen-bond donors (Lipinski definition) is 1. The van der Waals surface area contributed by atoms with Crippen LogP contribution in [0.5, 0.6) is 0 Å². The van der Waals surface area contributed by atoms with E-state index in [2.05, 4.69) is 13.0 Å². The van der Waals surface area contributed by atoms with Gasteiger partial charge < -0.3 is 14.6 Å². The molecule has 1 aliphatic carbocycles.